The molecule has 0 saturated heterocycles. The minimum absolute atomic E-state index is 0.00754. The van der Waals surface area contributed by atoms with Gasteiger partial charge in [0.25, 0.3) is 0 Å². The van der Waals surface area contributed by atoms with E-state index < -0.39 is 26.3 Å². The van der Waals surface area contributed by atoms with Gasteiger partial charge in [-0.1, -0.05) is 20.8 Å². The van der Waals surface area contributed by atoms with Crippen molar-refractivity contribution in [2.75, 3.05) is 13.1 Å². The molecule has 0 aliphatic heterocycles. The van der Waals surface area contributed by atoms with E-state index in [1.807, 2.05) is 6.92 Å². The van der Waals surface area contributed by atoms with Crippen LogP contribution in [0.5, 0.6) is 11.5 Å². The fourth-order valence-electron chi connectivity index (χ4n) is 3.50. The normalized spacial score (nSPS) is 11.8. The molecule has 2 aromatic carbocycles. The highest BCUT2D eigenvalue weighted by Crippen LogP contribution is 2.33. The zero-order valence-electron chi connectivity index (χ0n) is 18.4. The lowest BCUT2D eigenvalue weighted by Crippen LogP contribution is -2.30. The monoisotopic (exact) mass is 476 g/mol. The Kier molecular flexibility index (Phi) is 7.04. The van der Waals surface area contributed by atoms with Crippen molar-refractivity contribution in [3.05, 3.63) is 68.1 Å². The second-order valence-corrected chi connectivity index (χ2v) is 9.12. The molecule has 1 heterocycles. The van der Waals surface area contributed by atoms with E-state index in [9.17, 15) is 28.4 Å². The van der Waals surface area contributed by atoms with E-state index in [1.54, 1.807) is 19.9 Å². The Morgan fingerprint density at radius 1 is 1.09 bits per heavy atom. The Morgan fingerprint density at radius 3 is 2.39 bits per heavy atom. The number of benzene rings is 2. The number of sulfonamides is 1. The van der Waals surface area contributed by atoms with Crippen molar-refractivity contribution < 1.29 is 27.6 Å². The molecule has 0 unspecified atom stereocenters. The summed E-state index contributed by atoms with van der Waals surface area (Å²) in [6.07, 6.45) is 0.537. The van der Waals surface area contributed by atoms with E-state index in [-0.39, 0.29) is 41.7 Å². The third kappa shape index (κ3) is 4.83. The van der Waals surface area contributed by atoms with Gasteiger partial charge in [-0.2, -0.15) is 4.31 Å². The second-order valence-electron chi connectivity index (χ2n) is 7.19. The molecule has 0 radical (unpaired) electrons. The first kappa shape index (κ1) is 24.2. The molecule has 0 aliphatic carbocycles. The van der Waals surface area contributed by atoms with Crippen LogP contribution in [-0.2, 0) is 23.1 Å². The summed E-state index contributed by atoms with van der Waals surface area (Å²) in [4.78, 5) is 22.7. The summed E-state index contributed by atoms with van der Waals surface area (Å²) in [7, 11) is -3.89. The smallest absolute Gasteiger partial charge is 0.336 e. The Labute approximate surface area is 190 Å². The number of rotatable bonds is 9. The van der Waals surface area contributed by atoms with Crippen molar-refractivity contribution in [2.24, 2.45) is 0 Å². The summed E-state index contributed by atoms with van der Waals surface area (Å²) in [5.41, 5.74) is 0.0212. The maximum atomic E-state index is 12.7. The van der Waals surface area contributed by atoms with E-state index in [1.165, 1.54) is 28.6 Å². The molecule has 10 nitrogen and oxygen atoms in total. The minimum Gasteiger partial charge on any atom is -0.508 e. The standard InChI is InChI=1S/C22H24N2O8S/c1-4-14-9-17-15(10-22(26)32-21(17)12-19(14)25)13-31-20-8-7-16(11-18(20)24(27)28)33(29,30)23(5-2)6-3/h7-12,25H,4-6,13H2,1-3H3. The fraction of sp³-hybridized carbons (Fsp3) is 0.318. The average Bonchev–Trinajstić information content (AvgIpc) is 2.77. The lowest BCUT2D eigenvalue weighted by atomic mass is 10.0. The Hall–Kier alpha value is -3.44. The lowest BCUT2D eigenvalue weighted by Gasteiger charge is -2.18. The van der Waals surface area contributed by atoms with Gasteiger partial charge in [0.1, 0.15) is 17.9 Å². The van der Waals surface area contributed by atoms with Gasteiger partial charge in [0.15, 0.2) is 5.75 Å². The SMILES string of the molecule is CCc1cc2c(COc3ccc(S(=O)(=O)N(CC)CC)cc3[N+](=O)[O-])cc(=O)oc2cc1O. The molecule has 1 N–H and O–H groups in total. The van der Waals surface area contributed by atoms with Crippen molar-refractivity contribution in [2.45, 2.75) is 38.7 Å². The Bertz CT molecular complexity index is 1360. The van der Waals surface area contributed by atoms with Gasteiger partial charge < -0.3 is 14.3 Å². The molecule has 11 heteroatoms. The Balaban J connectivity index is 2.00. The summed E-state index contributed by atoms with van der Waals surface area (Å²) in [5.74, 6) is -0.152. The average molecular weight is 477 g/mol. The van der Waals surface area contributed by atoms with Gasteiger partial charge in [-0.05, 0) is 30.2 Å². The van der Waals surface area contributed by atoms with Crippen LogP contribution < -0.4 is 10.4 Å². The first-order valence-electron chi connectivity index (χ1n) is 10.3. The van der Waals surface area contributed by atoms with Crippen LogP contribution in [0.25, 0.3) is 11.0 Å². The minimum atomic E-state index is -3.89. The highest BCUT2D eigenvalue weighted by atomic mass is 32.2. The van der Waals surface area contributed by atoms with Crippen LogP contribution in [0.15, 0.2) is 50.5 Å². The maximum Gasteiger partial charge on any atom is 0.336 e. The summed E-state index contributed by atoms with van der Waals surface area (Å²) in [6, 6.07) is 7.67. The third-order valence-corrected chi connectivity index (χ3v) is 7.31. The van der Waals surface area contributed by atoms with Crippen LogP contribution >= 0.6 is 0 Å². The summed E-state index contributed by atoms with van der Waals surface area (Å²) in [5, 5.41) is 22.2. The molecule has 0 atom stereocenters. The summed E-state index contributed by atoms with van der Waals surface area (Å²) >= 11 is 0. The molecule has 0 fully saturated rings. The molecular weight excluding hydrogens is 452 g/mol. The van der Waals surface area contributed by atoms with Crippen molar-refractivity contribution in [1.29, 1.82) is 0 Å². The van der Waals surface area contributed by atoms with E-state index in [0.29, 0.717) is 22.9 Å². The van der Waals surface area contributed by atoms with Crippen LogP contribution in [0, 0.1) is 10.1 Å². The highest BCUT2D eigenvalue weighted by Gasteiger charge is 2.26. The van der Waals surface area contributed by atoms with Gasteiger partial charge in [-0.3, -0.25) is 10.1 Å². The molecule has 3 aromatic rings. The number of aryl methyl sites for hydroxylation is 1. The first-order valence-corrected chi connectivity index (χ1v) is 11.8. The van der Waals surface area contributed by atoms with E-state index >= 15 is 0 Å². The molecule has 0 spiro atoms. The number of phenolic OH excluding ortho intramolecular Hbond substituents is 1. The number of nitro groups is 1. The molecular formula is C22H24N2O8S. The second kappa shape index (κ2) is 9.59. The first-order chi connectivity index (χ1) is 15.6. The van der Waals surface area contributed by atoms with Crippen molar-refractivity contribution in [3.63, 3.8) is 0 Å². The topological polar surface area (TPSA) is 140 Å². The lowest BCUT2D eigenvalue weighted by molar-refractivity contribution is -0.386. The Morgan fingerprint density at radius 2 is 1.79 bits per heavy atom. The van der Waals surface area contributed by atoms with Crippen molar-refractivity contribution >= 4 is 26.7 Å². The van der Waals surface area contributed by atoms with Gasteiger partial charge in [0.2, 0.25) is 10.0 Å². The van der Waals surface area contributed by atoms with E-state index in [2.05, 4.69) is 0 Å². The molecule has 0 saturated carbocycles. The van der Waals surface area contributed by atoms with Crippen LogP contribution in [-0.4, -0.2) is 35.8 Å². The number of hydrogen-bond donors (Lipinski definition) is 1. The summed E-state index contributed by atoms with van der Waals surface area (Å²) < 4.78 is 37.4. The maximum absolute atomic E-state index is 12.7. The van der Waals surface area contributed by atoms with Crippen LogP contribution in [0.2, 0.25) is 0 Å². The van der Waals surface area contributed by atoms with Crippen LogP contribution in [0.1, 0.15) is 31.9 Å². The van der Waals surface area contributed by atoms with Gasteiger partial charge in [-0.25, -0.2) is 13.2 Å². The number of aromatic hydroxyl groups is 1. The van der Waals surface area contributed by atoms with Gasteiger partial charge in [0.05, 0.1) is 9.82 Å². The van der Waals surface area contributed by atoms with E-state index in [4.69, 9.17) is 9.15 Å². The number of ether oxygens (including phenoxy) is 1. The van der Waals surface area contributed by atoms with Gasteiger partial charge in [0, 0.05) is 42.2 Å². The highest BCUT2D eigenvalue weighted by molar-refractivity contribution is 7.89. The number of fused-ring (bicyclic) bond motifs is 1. The van der Waals surface area contributed by atoms with Gasteiger partial charge in [-0.15, -0.1) is 0 Å². The molecule has 0 bridgehead atoms. The molecule has 176 valence electrons. The predicted octanol–water partition coefficient (Wildman–Crippen LogP) is 3.58. The van der Waals surface area contributed by atoms with Gasteiger partial charge >= 0.3 is 11.3 Å². The van der Waals surface area contributed by atoms with Crippen molar-refractivity contribution in [1.82, 2.24) is 4.31 Å². The third-order valence-electron chi connectivity index (χ3n) is 5.26. The van der Waals surface area contributed by atoms with Crippen molar-refractivity contribution in [3.8, 4) is 11.5 Å². The number of nitrogens with zero attached hydrogens (tertiary/aromatic N) is 2. The molecule has 0 aliphatic rings. The molecule has 0 amide bonds. The number of nitro benzene ring substituents is 1. The fourth-order valence-corrected chi connectivity index (χ4v) is 4.98. The quantitative estimate of drug-likeness (QED) is 0.281. The molecule has 1 aromatic heterocycles. The zero-order valence-corrected chi connectivity index (χ0v) is 19.2. The largest absolute Gasteiger partial charge is 0.508 e. The molecule has 33 heavy (non-hydrogen) atoms. The zero-order chi connectivity index (χ0) is 24.3. The summed E-state index contributed by atoms with van der Waals surface area (Å²) in [6.45, 7) is 5.45. The van der Waals surface area contributed by atoms with E-state index in [0.717, 1.165) is 6.07 Å². The van der Waals surface area contributed by atoms with Crippen LogP contribution in [0.4, 0.5) is 5.69 Å². The number of phenols is 1. The number of hydrogen-bond acceptors (Lipinski definition) is 8. The predicted molar refractivity (Wildman–Crippen MR) is 121 cm³/mol. The molecule has 3 rings (SSSR count). The van der Waals surface area contributed by atoms with Crippen LogP contribution in [0.3, 0.4) is 0 Å².